The third-order valence-corrected chi connectivity index (χ3v) is 9.53. The van der Waals surface area contributed by atoms with E-state index in [9.17, 15) is 26.7 Å². The molecule has 3 aromatic carbocycles. The topological polar surface area (TPSA) is 141 Å². The molecule has 0 saturated carbocycles. The Morgan fingerprint density at radius 1 is 1.05 bits per heavy atom. The zero-order valence-corrected chi connectivity index (χ0v) is 24.5. The molecule has 41 heavy (non-hydrogen) atoms. The first-order valence-electron chi connectivity index (χ1n) is 12.8. The molecule has 0 bridgehead atoms. The van der Waals surface area contributed by atoms with Gasteiger partial charge in [0.15, 0.2) is 9.84 Å². The molecule has 1 amide bonds. The number of hydrogen-bond acceptors (Lipinski definition) is 8. The number of rotatable bonds is 6. The van der Waals surface area contributed by atoms with Crippen LogP contribution < -0.4 is 10.1 Å². The summed E-state index contributed by atoms with van der Waals surface area (Å²) >= 11 is 0. The minimum atomic E-state index is -4.14. The first-order chi connectivity index (χ1) is 19.2. The van der Waals surface area contributed by atoms with Crippen molar-refractivity contribution in [3.05, 3.63) is 77.9 Å². The number of sulfone groups is 1. The van der Waals surface area contributed by atoms with E-state index in [0.717, 1.165) is 6.26 Å². The lowest BCUT2D eigenvalue weighted by molar-refractivity contribution is 0.0497. The van der Waals surface area contributed by atoms with E-state index in [-0.39, 0.29) is 27.7 Å². The Morgan fingerprint density at radius 2 is 1.76 bits per heavy atom. The predicted molar refractivity (Wildman–Crippen MR) is 153 cm³/mol. The van der Waals surface area contributed by atoms with Crippen LogP contribution >= 0.6 is 0 Å². The molecule has 12 heteroatoms. The molecule has 0 aliphatic carbocycles. The summed E-state index contributed by atoms with van der Waals surface area (Å²) in [5.41, 5.74) is 1.08. The number of carbonyl (C=O) groups is 1. The smallest absolute Gasteiger partial charge is 0.408 e. The Morgan fingerprint density at radius 3 is 2.39 bits per heavy atom. The van der Waals surface area contributed by atoms with Gasteiger partial charge in [-0.15, -0.1) is 0 Å². The van der Waals surface area contributed by atoms with Gasteiger partial charge in [0.1, 0.15) is 18.0 Å². The number of carbonyl (C=O) groups excluding carboxylic acids is 1. The summed E-state index contributed by atoms with van der Waals surface area (Å²) in [5.74, 6) is 0.418. The molecule has 1 aliphatic rings. The first-order valence-corrected chi connectivity index (χ1v) is 16.1. The van der Waals surface area contributed by atoms with E-state index < -0.39 is 44.2 Å². The number of nitrogens with one attached hydrogen (secondary N) is 1. The summed E-state index contributed by atoms with van der Waals surface area (Å²) in [4.78, 5) is 12.5. The lowest BCUT2D eigenvalue weighted by Crippen LogP contribution is -2.35. The SMILES string of the molecule is CC(C)(C)OC(=O)NC1COc2c1ccc1c2cc(-c2ccc(S(C)(=O)=O)c(CO)c2)n1S(=O)(=O)c1ccccc1. The molecule has 0 radical (unpaired) electrons. The number of fused-ring (bicyclic) bond motifs is 3. The number of aliphatic hydroxyl groups excluding tert-OH is 1. The van der Waals surface area contributed by atoms with Crippen molar-refractivity contribution in [2.75, 3.05) is 12.9 Å². The van der Waals surface area contributed by atoms with E-state index in [1.54, 1.807) is 57.2 Å². The van der Waals surface area contributed by atoms with Crippen molar-refractivity contribution in [2.24, 2.45) is 0 Å². The molecule has 0 spiro atoms. The standard InChI is InChI=1S/C29H30N2O8S2/c1-29(2,3)39-28(33)30-23-17-38-27-21(23)11-12-24-22(27)15-25(31(24)41(36,37)20-8-6-5-7-9-20)18-10-13-26(40(4,34)35)19(14-18)16-32/h5-15,23,32H,16-17H2,1-4H3,(H,30,33). The van der Waals surface area contributed by atoms with Gasteiger partial charge in [0.05, 0.1) is 33.7 Å². The second-order valence-corrected chi connectivity index (χ2v) is 14.6. The Hall–Kier alpha value is -3.87. The van der Waals surface area contributed by atoms with Gasteiger partial charge in [-0.25, -0.2) is 25.6 Å². The molecule has 0 fully saturated rings. The minimum absolute atomic E-state index is 0.0439. The monoisotopic (exact) mass is 598 g/mol. The highest BCUT2D eigenvalue weighted by Crippen LogP contribution is 2.43. The van der Waals surface area contributed by atoms with Crippen LogP contribution in [0.4, 0.5) is 4.79 Å². The summed E-state index contributed by atoms with van der Waals surface area (Å²) in [6, 6.07) is 16.8. The largest absolute Gasteiger partial charge is 0.490 e. The third kappa shape index (κ3) is 5.42. The summed E-state index contributed by atoms with van der Waals surface area (Å²) in [6.07, 6.45) is 0.437. The maximum Gasteiger partial charge on any atom is 0.408 e. The maximum absolute atomic E-state index is 14.0. The van der Waals surface area contributed by atoms with Crippen LogP contribution in [0, 0.1) is 0 Å². The number of aromatic nitrogens is 1. The van der Waals surface area contributed by atoms with Crippen molar-refractivity contribution < 1.29 is 36.2 Å². The van der Waals surface area contributed by atoms with Crippen LogP contribution in [-0.4, -0.2) is 50.5 Å². The van der Waals surface area contributed by atoms with E-state index in [4.69, 9.17) is 9.47 Å². The molecule has 1 unspecified atom stereocenters. The lowest BCUT2D eigenvalue weighted by atomic mass is 10.1. The van der Waals surface area contributed by atoms with E-state index >= 15 is 0 Å². The fraction of sp³-hybridized carbons (Fsp3) is 0.276. The fourth-order valence-electron chi connectivity index (χ4n) is 4.89. The molecule has 216 valence electrons. The molecule has 1 aromatic heterocycles. The van der Waals surface area contributed by atoms with Crippen molar-refractivity contribution >= 4 is 36.9 Å². The molecule has 1 aliphatic heterocycles. The molecule has 5 rings (SSSR count). The highest BCUT2D eigenvalue weighted by atomic mass is 32.2. The normalized spacial score (nSPS) is 15.4. The highest BCUT2D eigenvalue weighted by molar-refractivity contribution is 7.90. The number of ether oxygens (including phenoxy) is 2. The summed E-state index contributed by atoms with van der Waals surface area (Å²) in [5, 5.41) is 13.2. The average molecular weight is 599 g/mol. The quantitative estimate of drug-likeness (QED) is 0.333. The van der Waals surface area contributed by atoms with Gasteiger partial charge >= 0.3 is 6.09 Å². The number of aliphatic hydroxyl groups is 1. The second kappa shape index (κ2) is 10.2. The van der Waals surface area contributed by atoms with Crippen molar-refractivity contribution in [3.63, 3.8) is 0 Å². The first kappa shape index (κ1) is 28.7. The molecular formula is C29H30N2O8S2. The van der Waals surface area contributed by atoms with E-state index in [2.05, 4.69) is 5.32 Å². The Bertz CT molecular complexity index is 1870. The van der Waals surface area contributed by atoms with Gasteiger partial charge in [-0.3, -0.25) is 0 Å². The van der Waals surface area contributed by atoms with Gasteiger partial charge in [0.2, 0.25) is 0 Å². The van der Waals surface area contributed by atoms with E-state index in [0.29, 0.717) is 27.8 Å². The lowest BCUT2D eigenvalue weighted by Gasteiger charge is -2.21. The van der Waals surface area contributed by atoms with Crippen molar-refractivity contribution in [1.29, 1.82) is 0 Å². The molecule has 0 saturated heterocycles. The Kier molecular flexibility index (Phi) is 7.13. The minimum Gasteiger partial charge on any atom is -0.490 e. The van der Waals surface area contributed by atoms with Crippen LogP contribution in [0.1, 0.15) is 37.9 Å². The van der Waals surface area contributed by atoms with E-state index in [1.807, 2.05) is 0 Å². The summed E-state index contributed by atoms with van der Waals surface area (Å²) in [7, 11) is -7.77. The van der Waals surface area contributed by atoms with Crippen molar-refractivity contribution in [2.45, 2.75) is 48.8 Å². The molecule has 10 nitrogen and oxygen atoms in total. The van der Waals surface area contributed by atoms with Crippen LogP contribution in [0.5, 0.6) is 5.75 Å². The number of amides is 1. The average Bonchev–Trinajstić information content (AvgIpc) is 3.49. The van der Waals surface area contributed by atoms with Crippen LogP contribution in [0.15, 0.2) is 76.5 Å². The number of hydrogen-bond donors (Lipinski definition) is 2. The zero-order chi connectivity index (χ0) is 29.7. The van der Waals surface area contributed by atoms with E-state index in [1.165, 1.54) is 34.3 Å². The van der Waals surface area contributed by atoms with Gasteiger partial charge < -0.3 is 19.9 Å². The molecule has 1 atom stereocenters. The van der Waals surface area contributed by atoms with Gasteiger partial charge in [0.25, 0.3) is 10.0 Å². The molecule has 4 aromatic rings. The van der Waals surface area contributed by atoms with Gasteiger partial charge in [0, 0.05) is 17.2 Å². The van der Waals surface area contributed by atoms with Gasteiger partial charge in [-0.05, 0) is 68.3 Å². The van der Waals surface area contributed by atoms with Crippen molar-refractivity contribution in [3.8, 4) is 17.0 Å². The highest BCUT2D eigenvalue weighted by Gasteiger charge is 2.32. The summed E-state index contributed by atoms with van der Waals surface area (Å²) in [6.45, 7) is 4.85. The predicted octanol–water partition coefficient (Wildman–Crippen LogP) is 4.40. The van der Waals surface area contributed by atoms with Crippen LogP contribution in [0.25, 0.3) is 22.2 Å². The van der Waals surface area contributed by atoms with Gasteiger partial charge in [-0.1, -0.05) is 30.3 Å². The van der Waals surface area contributed by atoms with Crippen LogP contribution in [0.3, 0.4) is 0 Å². The maximum atomic E-state index is 14.0. The number of alkyl carbamates (subject to hydrolysis) is 1. The molecular weight excluding hydrogens is 568 g/mol. The zero-order valence-electron chi connectivity index (χ0n) is 22.9. The Balaban J connectivity index is 1.71. The fourth-order valence-corrected chi connectivity index (χ4v) is 7.35. The second-order valence-electron chi connectivity index (χ2n) is 10.8. The summed E-state index contributed by atoms with van der Waals surface area (Å²) < 4.78 is 65.1. The third-order valence-electron chi connectivity index (χ3n) is 6.59. The molecule has 2 heterocycles. The Labute approximate surface area is 238 Å². The van der Waals surface area contributed by atoms with Crippen LogP contribution in [0.2, 0.25) is 0 Å². The number of benzene rings is 3. The number of nitrogens with zero attached hydrogens (tertiary/aromatic N) is 1. The van der Waals surface area contributed by atoms with Crippen LogP contribution in [-0.2, 0) is 31.2 Å². The van der Waals surface area contributed by atoms with Gasteiger partial charge in [-0.2, -0.15) is 0 Å². The van der Waals surface area contributed by atoms with Crippen molar-refractivity contribution in [1.82, 2.24) is 9.29 Å². The molecule has 2 N–H and O–H groups in total.